The fraction of sp³-hybridized carbons (Fsp3) is 0.0909. The van der Waals surface area contributed by atoms with E-state index in [4.69, 9.17) is 4.74 Å². The van der Waals surface area contributed by atoms with Crippen molar-refractivity contribution >= 4 is 17.4 Å². The lowest BCUT2D eigenvalue weighted by Crippen LogP contribution is -2.21. The van der Waals surface area contributed by atoms with Crippen molar-refractivity contribution < 1.29 is 19.2 Å². The lowest BCUT2D eigenvalue weighted by Gasteiger charge is -2.18. The molecule has 0 amide bonds. The highest BCUT2D eigenvalue weighted by Gasteiger charge is 2.30. The van der Waals surface area contributed by atoms with Crippen LogP contribution in [0.3, 0.4) is 0 Å². The molecule has 0 saturated carbocycles. The zero-order chi connectivity index (χ0) is 20.1. The maximum absolute atomic E-state index is 13.0. The van der Waals surface area contributed by atoms with Crippen molar-refractivity contribution in [3.8, 4) is 0 Å². The number of nitro benzene ring substituents is 1. The van der Waals surface area contributed by atoms with E-state index in [0.29, 0.717) is 16.7 Å². The number of aryl methyl sites for hydroxylation is 1. The maximum atomic E-state index is 13.0. The van der Waals surface area contributed by atoms with Crippen LogP contribution in [0.5, 0.6) is 0 Å². The molecule has 0 N–H and O–H groups in total. The summed E-state index contributed by atoms with van der Waals surface area (Å²) in [5.74, 6) is -1.32. The van der Waals surface area contributed by atoms with Gasteiger partial charge in [0.2, 0.25) is 5.78 Å². The Labute approximate surface area is 161 Å². The van der Waals surface area contributed by atoms with Gasteiger partial charge >= 0.3 is 5.97 Å². The molecule has 0 saturated heterocycles. The van der Waals surface area contributed by atoms with E-state index >= 15 is 0 Å². The van der Waals surface area contributed by atoms with Crippen LogP contribution in [-0.4, -0.2) is 16.7 Å². The number of nitrogens with zero attached hydrogens (tertiary/aromatic N) is 1. The number of ether oxygens (including phenoxy) is 1. The number of carbonyl (C=O) groups is 2. The first kappa shape index (κ1) is 19.0. The van der Waals surface area contributed by atoms with Crippen LogP contribution in [0, 0.1) is 17.0 Å². The summed E-state index contributed by atoms with van der Waals surface area (Å²) in [6.45, 7) is 1.58. The first-order chi connectivity index (χ1) is 13.5. The molecule has 0 aromatic heterocycles. The lowest BCUT2D eigenvalue weighted by molar-refractivity contribution is -0.385. The topological polar surface area (TPSA) is 86.5 Å². The van der Waals surface area contributed by atoms with Crippen LogP contribution in [0.2, 0.25) is 0 Å². The molecule has 6 heteroatoms. The molecule has 3 aromatic carbocycles. The smallest absolute Gasteiger partial charge is 0.346 e. The molecule has 0 spiro atoms. The van der Waals surface area contributed by atoms with Gasteiger partial charge in [-0.2, -0.15) is 0 Å². The van der Waals surface area contributed by atoms with Gasteiger partial charge in [0.25, 0.3) is 5.69 Å². The molecule has 0 fully saturated rings. The van der Waals surface area contributed by atoms with Gasteiger partial charge in [-0.05, 0) is 12.5 Å². The molecule has 0 aliphatic carbocycles. The van der Waals surface area contributed by atoms with Gasteiger partial charge in [-0.1, -0.05) is 72.8 Å². The molecular formula is C22H17NO5. The van der Waals surface area contributed by atoms with Crippen LogP contribution in [0.25, 0.3) is 0 Å². The number of ketones is 1. The summed E-state index contributed by atoms with van der Waals surface area (Å²) in [7, 11) is 0. The van der Waals surface area contributed by atoms with Gasteiger partial charge in [0.15, 0.2) is 6.10 Å². The molecule has 0 bridgehead atoms. The molecule has 3 aromatic rings. The second-order valence-corrected chi connectivity index (χ2v) is 6.15. The largest absolute Gasteiger partial charge is 0.445 e. The van der Waals surface area contributed by atoms with Crippen LogP contribution in [0.15, 0.2) is 78.9 Å². The summed E-state index contributed by atoms with van der Waals surface area (Å²) < 4.78 is 5.52. The number of nitro groups is 1. The average molecular weight is 375 g/mol. The monoisotopic (exact) mass is 375 g/mol. The van der Waals surface area contributed by atoms with Crippen molar-refractivity contribution in [3.05, 3.63) is 111 Å². The van der Waals surface area contributed by atoms with Crippen molar-refractivity contribution in [1.82, 2.24) is 0 Å². The third-order valence-corrected chi connectivity index (χ3v) is 4.28. The van der Waals surface area contributed by atoms with E-state index < -0.39 is 22.8 Å². The van der Waals surface area contributed by atoms with Crippen molar-refractivity contribution in [2.75, 3.05) is 0 Å². The van der Waals surface area contributed by atoms with Crippen molar-refractivity contribution in [2.24, 2.45) is 0 Å². The minimum atomic E-state index is -1.21. The Morgan fingerprint density at radius 2 is 1.50 bits per heavy atom. The molecule has 0 radical (unpaired) electrons. The first-order valence-electron chi connectivity index (χ1n) is 8.58. The molecule has 3 rings (SSSR count). The minimum absolute atomic E-state index is 0.158. The van der Waals surface area contributed by atoms with E-state index in [1.165, 1.54) is 12.1 Å². The van der Waals surface area contributed by atoms with Crippen LogP contribution in [0.1, 0.15) is 37.9 Å². The van der Waals surface area contributed by atoms with Crippen LogP contribution < -0.4 is 0 Å². The highest BCUT2D eigenvalue weighted by atomic mass is 16.6. The zero-order valence-electron chi connectivity index (χ0n) is 15.1. The number of carbonyl (C=O) groups excluding carboxylic acids is 2. The van der Waals surface area contributed by atoms with Gasteiger partial charge < -0.3 is 4.74 Å². The predicted octanol–water partition coefficient (Wildman–Crippen LogP) is 4.68. The Bertz CT molecular complexity index is 1020. The molecule has 0 heterocycles. The predicted molar refractivity (Wildman–Crippen MR) is 103 cm³/mol. The number of esters is 1. The van der Waals surface area contributed by atoms with E-state index in [2.05, 4.69) is 0 Å². The zero-order valence-corrected chi connectivity index (χ0v) is 15.1. The van der Waals surface area contributed by atoms with E-state index in [-0.39, 0.29) is 11.3 Å². The van der Waals surface area contributed by atoms with Crippen LogP contribution >= 0.6 is 0 Å². The highest BCUT2D eigenvalue weighted by molar-refractivity contribution is 6.03. The Hall–Kier alpha value is -3.80. The normalized spacial score (nSPS) is 11.5. The number of hydrogen-bond donors (Lipinski definition) is 0. The molecule has 1 atom stereocenters. The van der Waals surface area contributed by atoms with Crippen molar-refractivity contribution in [2.45, 2.75) is 13.0 Å². The van der Waals surface area contributed by atoms with Gasteiger partial charge in [0, 0.05) is 17.2 Å². The van der Waals surface area contributed by atoms with Crippen LogP contribution in [0.4, 0.5) is 5.69 Å². The number of hydrogen-bond acceptors (Lipinski definition) is 5. The van der Waals surface area contributed by atoms with E-state index in [1.807, 2.05) is 0 Å². The Balaban J connectivity index is 2.01. The Morgan fingerprint density at radius 3 is 2.11 bits per heavy atom. The quantitative estimate of drug-likeness (QED) is 0.270. The fourth-order valence-corrected chi connectivity index (χ4v) is 2.89. The number of Topliss-reactive ketones (excluding diaryl/α,β-unsaturated/α-hetero) is 1. The van der Waals surface area contributed by atoms with Crippen molar-refractivity contribution in [3.63, 3.8) is 0 Å². The lowest BCUT2D eigenvalue weighted by atomic mass is 9.99. The number of rotatable bonds is 6. The standard InChI is InChI=1S/C22H17NO5/c1-15-9-8-14-18(23(26)27)19(15)22(25)28-21(17-12-6-3-7-13-17)20(24)16-10-4-2-5-11-16/h2-14,21H,1H3. The molecular weight excluding hydrogens is 358 g/mol. The molecule has 1 unspecified atom stereocenters. The second-order valence-electron chi connectivity index (χ2n) is 6.15. The minimum Gasteiger partial charge on any atom is -0.445 e. The van der Waals surface area contributed by atoms with Gasteiger partial charge in [-0.25, -0.2) is 4.79 Å². The average Bonchev–Trinajstić information content (AvgIpc) is 2.72. The Kier molecular flexibility index (Phi) is 5.60. The van der Waals surface area contributed by atoms with Crippen LogP contribution in [-0.2, 0) is 4.74 Å². The summed E-state index contributed by atoms with van der Waals surface area (Å²) in [5.41, 5.74) is 0.751. The summed E-state index contributed by atoms with van der Waals surface area (Å²) in [6.07, 6.45) is -1.21. The fourth-order valence-electron chi connectivity index (χ4n) is 2.89. The number of benzene rings is 3. The summed E-state index contributed by atoms with van der Waals surface area (Å²) in [5, 5.41) is 11.3. The SMILES string of the molecule is Cc1cccc([N+](=O)[O-])c1C(=O)OC(C(=O)c1ccccc1)c1ccccc1. The first-order valence-corrected chi connectivity index (χ1v) is 8.58. The molecule has 0 aliphatic rings. The van der Waals surface area contributed by atoms with E-state index in [1.54, 1.807) is 73.7 Å². The highest BCUT2D eigenvalue weighted by Crippen LogP contribution is 2.28. The summed E-state index contributed by atoms with van der Waals surface area (Å²) in [4.78, 5) is 36.5. The van der Waals surface area contributed by atoms with Crippen molar-refractivity contribution in [1.29, 1.82) is 0 Å². The second kappa shape index (κ2) is 8.26. The molecule has 6 nitrogen and oxygen atoms in total. The van der Waals surface area contributed by atoms with E-state index in [9.17, 15) is 19.7 Å². The summed E-state index contributed by atoms with van der Waals surface area (Å²) >= 11 is 0. The third kappa shape index (κ3) is 3.96. The van der Waals surface area contributed by atoms with E-state index in [0.717, 1.165) is 0 Å². The van der Waals surface area contributed by atoms with Gasteiger partial charge in [0.1, 0.15) is 5.56 Å². The maximum Gasteiger partial charge on any atom is 0.346 e. The van der Waals surface area contributed by atoms with Gasteiger partial charge in [-0.3, -0.25) is 14.9 Å². The Morgan fingerprint density at radius 1 is 0.893 bits per heavy atom. The van der Waals surface area contributed by atoms with Gasteiger partial charge in [-0.15, -0.1) is 0 Å². The molecule has 28 heavy (non-hydrogen) atoms. The summed E-state index contributed by atoms with van der Waals surface area (Å²) in [6, 6.07) is 21.3. The molecule has 140 valence electrons. The molecule has 0 aliphatic heterocycles. The van der Waals surface area contributed by atoms with Gasteiger partial charge in [0.05, 0.1) is 4.92 Å². The third-order valence-electron chi connectivity index (χ3n) is 4.28.